The molecule has 1 aliphatic heterocycles. The lowest BCUT2D eigenvalue weighted by molar-refractivity contribution is -0.121. The predicted octanol–water partition coefficient (Wildman–Crippen LogP) is 0.191. The Morgan fingerprint density at radius 3 is 2.56 bits per heavy atom. The number of methoxy groups -OCH3 is 1. The standard InChI is InChI=1S/C12H23N3O3/c1-3-13-8-10-4-6-15(7-5-10)9-11(16)14-12(17)18-2/h10,13H,3-9H2,1-2H3,(H,14,16,17). The van der Waals surface area contributed by atoms with E-state index >= 15 is 0 Å². The van der Waals surface area contributed by atoms with Gasteiger partial charge in [-0.3, -0.25) is 15.0 Å². The van der Waals surface area contributed by atoms with Crippen LogP contribution in [0.25, 0.3) is 0 Å². The molecule has 0 aliphatic carbocycles. The number of nitrogens with zero attached hydrogens (tertiary/aromatic N) is 1. The number of rotatable bonds is 5. The molecule has 18 heavy (non-hydrogen) atoms. The van der Waals surface area contributed by atoms with Gasteiger partial charge in [0.2, 0.25) is 5.91 Å². The van der Waals surface area contributed by atoms with Gasteiger partial charge < -0.3 is 10.1 Å². The molecule has 0 radical (unpaired) electrons. The van der Waals surface area contributed by atoms with E-state index in [9.17, 15) is 9.59 Å². The number of alkyl carbamates (subject to hydrolysis) is 1. The molecular formula is C12H23N3O3. The lowest BCUT2D eigenvalue weighted by Crippen LogP contribution is -2.44. The summed E-state index contributed by atoms with van der Waals surface area (Å²) in [6, 6.07) is 0. The number of nitrogens with one attached hydrogen (secondary N) is 2. The fourth-order valence-corrected chi connectivity index (χ4v) is 2.10. The van der Waals surface area contributed by atoms with Gasteiger partial charge in [-0.15, -0.1) is 0 Å². The number of ether oxygens (including phenoxy) is 1. The molecule has 0 aromatic rings. The largest absolute Gasteiger partial charge is 0.453 e. The Labute approximate surface area is 108 Å². The van der Waals surface area contributed by atoms with Crippen molar-refractivity contribution in [2.75, 3.05) is 39.8 Å². The summed E-state index contributed by atoms with van der Waals surface area (Å²) >= 11 is 0. The van der Waals surface area contributed by atoms with Crippen LogP contribution >= 0.6 is 0 Å². The maximum atomic E-state index is 11.5. The molecule has 1 saturated heterocycles. The van der Waals surface area contributed by atoms with Crippen molar-refractivity contribution in [1.29, 1.82) is 0 Å². The molecule has 0 unspecified atom stereocenters. The minimum atomic E-state index is -0.693. The zero-order valence-electron chi connectivity index (χ0n) is 11.2. The van der Waals surface area contributed by atoms with Crippen LogP contribution in [-0.4, -0.2) is 56.7 Å². The highest BCUT2D eigenvalue weighted by molar-refractivity contribution is 5.92. The third-order valence-electron chi connectivity index (χ3n) is 3.18. The molecule has 2 N–H and O–H groups in total. The van der Waals surface area contributed by atoms with Gasteiger partial charge in [-0.2, -0.15) is 0 Å². The summed E-state index contributed by atoms with van der Waals surface area (Å²) in [4.78, 5) is 24.4. The van der Waals surface area contributed by atoms with E-state index in [1.807, 2.05) is 0 Å². The van der Waals surface area contributed by atoms with E-state index in [4.69, 9.17) is 0 Å². The number of carbonyl (C=O) groups excluding carboxylic acids is 2. The number of hydrogen-bond acceptors (Lipinski definition) is 5. The minimum Gasteiger partial charge on any atom is -0.453 e. The molecule has 0 aromatic heterocycles. The summed E-state index contributed by atoms with van der Waals surface area (Å²) in [5.74, 6) is 0.400. The summed E-state index contributed by atoms with van der Waals surface area (Å²) in [6.07, 6.45) is 1.50. The van der Waals surface area contributed by atoms with Crippen LogP contribution in [0.1, 0.15) is 19.8 Å². The van der Waals surface area contributed by atoms with E-state index in [0.29, 0.717) is 5.92 Å². The van der Waals surface area contributed by atoms with Crippen molar-refractivity contribution in [3.05, 3.63) is 0 Å². The van der Waals surface area contributed by atoms with E-state index in [1.54, 1.807) is 0 Å². The average molecular weight is 257 g/mol. The highest BCUT2D eigenvalue weighted by Gasteiger charge is 2.21. The van der Waals surface area contributed by atoms with E-state index in [0.717, 1.165) is 39.0 Å². The van der Waals surface area contributed by atoms with Crippen molar-refractivity contribution in [2.24, 2.45) is 5.92 Å². The summed E-state index contributed by atoms with van der Waals surface area (Å²) in [7, 11) is 1.24. The Balaban J connectivity index is 2.18. The zero-order chi connectivity index (χ0) is 13.4. The van der Waals surface area contributed by atoms with Gasteiger partial charge in [-0.25, -0.2) is 4.79 Å². The molecule has 0 spiro atoms. The molecule has 2 amide bonds. The van der Waals surface area contributed by atoms with Gasteiger partial charge in [0.15, 0.2) is 0 Å². The van der Waals surface area contributed by atoms with Gasteiger partial charge in [0.25, 0.3) is 0 Å². The third-order valence-corrected chi connectivity index (χ3v) is 3.18. The maximum absolute atomic E-state index is 11.5. The number of imide groups is 1. The normalized spacial score (nSPS) is 17.4. The predicted molar refractivity (Wildman–Crippen MR) is 68.3 cm³/mol. The summed E-state index contributed by atoms with van der Waals surface area (Å²) in [5.41, 5.74) is 0. The van der Waals surface area contributed by atoms with Crippen molar-refractivity contribution >= 4 is 12.0 Å². The van der Waals surface area contributed by atoms with Crippen molar-refractivity contribution in [3.8, 4) is 0 Å². The summed E-state index contributed by atoms with van der Waals surface area (Å²) in [5, 5.41) is 5.52. The van der Waals surface area contributed by atoms with Gasteiger partial charge in [0.1, 0.15) is 0 Å². The molecule has 6 heteroatoms. The van der Waals surface area contributed by atoms with Crippen LogP contribution in [0.2, 0.25) is 0 Å². The van der Waals surface area contributed by atoms with Crippen molar-refractivity contribution in [2.45, 2.75) is 19.8 Å². The molecule has 0 atom stereocenters. The van der Waals surface area contributed by atoms with Gasteiger partial charge in [-0.05, 0) is 44.9 Å². The topological polar surface area (TPSA) is 70.7 Å². The Kier molecular flexibility index (Phi) is 6.67. The average Bonchev–Trinajstić information content (AvgIpc) is 2.37. The number of carbonyl (C=O) groups is 2. The van der Waals surface area contributed by atoms with Crippen LogP contribution in [0, 0.1) is 5.92 Å². The molecule has 1 rings (SSSR count). The first-order chi connectivity index (χ1) is 8.65. The Morgan fingerprint density at radius 1 is 1.33 bits per heavy atom. The smallest absolute Gasteiger partial charge is 0.413 e. The SMILES string of the molecule is CCNCC1CCN(CC(=O)NC(=O)OC)CC1. The Bertz CT molecular complexity index is 276. The minimum absolute atomic E-state index is 0.267. The second-order valence-electron chi connectivity index (χ2n) is 4.57. The van der Waals surface area contributed by atoms with Crippen LogP contribution < -0.4 is 10.6 Å². The Hall–Kier alpha value is -1.14. The van der Waals surface area contributed by atoms with E-state index < -0.39 is 6.09 Å². The zero-order valence-corrected chi connectivity index (χ0v) is 11.2. The maximum Gasteiger partial charge on any atom is 0.413 e. The lowest BCUT2D eigenvalue weighted by Gasteiger charge is -2.31. The summed E-state index contributed by atoms with van der Waals surface area (Å²) in [6.45, 7) is 6.24. The van der Waals surface area contributed by atoms with Crippen LogP contribution in [0.5, 0.6) is 0 Å². The van der Waals surface area contributed by atoms with Crippen LogP contribution in [0.3, 0.4) is 0 Å². The second kappa shape index (κ2) is 8.05. The van der Waals surface area contributed by atoms with Crippen LogP contribution in [0.4, 0.5) is 4.79 Å². The molecule has 0 saturated carbocycles. The van der Waals surface area contributed by atoms with Crippen LogP contribution in [-0.2, 0) is 9.53 Å². The van der Waals surface area contributed by atoms with E-state index in [1.165, 1.54) is 7.11 Å². The first-order valence-electron chi connectivity index (χ1n) is 6.46. The third kappa shape index (κ3) is 5.46. The Morgan fingerprint density at radius 2 is 2.00 bits per heavy atom. The molecular weight excluding hydrogens is 234 g/mol. The first-order valence-corrected chi connectivity index (χ1v) is 6.46. The van der Waals surface area contributed by atoms with Crippen molar-refractivity contribution < 1.29 is 14.3 Å². The highest BCUT2D eigenvalue weighted by Crippen LogP contribution is 2.15. The van der Waals surface area contributed by atoms with Gasteiger partial charge >= 0.3 is 6.09 Å². The fourth-order valence-electron chi connectivity index (χ4n) is 2.10. The first kappa shape index (κ1) is 14.9. The number of likely N-dealkylation sites (tertiary alicyclic amines) is 1. The highest BCUT2D eigenvalue weighted by atomic mass is 16.5. The molecule has 1 aliphatic rings. The van der Waals surface area contributed by atoms with E-state index in [2.05, 4.69) is 27.2 Å². The van der Waals surface area contributed by atoms with Crippen molar-refractivity contribution in [3.63, 3.8) is 0 Å². The quantitative estimate of drug-likeness (QED) is 0.736. The van der Waals surface area contributed by atoms with Crippen molar-refractivity contribution in [1.82, 2.24) is 15.5 Å². The molecule has 6 nitrogen and oxygen atoms in total. The second-order valence-corrected chi connectivity index (χ2v) is 4.57. The molecule has 1 heterocycles. The molecule has 0 aromatic carbocycles. The van der Waals surface area contributed by atoms with E-state index in [-0.39, 0.29) is 12.5 Å². The summed E-state index contributed by atoms with van der Waals surface area (Å²) < 4.78 is 4.37. The van der Waals surface area contributed by atoms with Gasteiger partial charge in [-0.1, -0.05) is 6.92 Å². The van der Waals surface area contributed by atoms with Gasteiger partial charge in [0.05, 0.1) is 13.7 Å². The monoisotopic (exact) mass is 257 g/mol. The number of hydrogen-bond donors (Lipinski definition) is 2. The lowest BCUT2D eigenvalue weighted by atomic mass is 9.97. The number of piperidine rings is 1. The van der Waals surface area contributed by atoms with Crippen LogP contribution in [0.15, 0.2) is 0 Å². The molecule has 0 bridgehead atoms. The molecule has 104 valence electrons. The number of amides is 2. The molecule has 1 fully saturated rings. The van der Waals surface area contributed by atoms with Gasteiger partial charge in [0, 0.05) is 0 Å². The fraction of sp³-hybridized carbons (Fsp3) is 0.833.